The van der Waals surface area contributed by atoms with E-state index in [4.69, 9.17) is 15.1 Å². The van der Waals surface area contributed by atoms with E-state index in [1.165, 1.54) is 0 Å². The second-order valence-corrected chi connectivity index (χ2v) is 2.15. The predicted molar refractivity (Wildman–Crippen MR) is 41.7 cm³/mol. The van der Waals surface area contributed by atoms with Crippen molar-refractivity contribution in [1.29, 1.82) is 5.26 Å². The number of amides is 1. The molecule has 0 saturated heterocycles. The topological polar surface area (TPSA) is 82.3 Å². The molecule has 0 aliphatic heterocycles. The molecule has 12 heavy (non-hydrogen) atoms. The molecule has 0 radical (unpaired) electrons. The predicted octanol–water partition coefficient (Wildman–Crippen LogP) is 0.574. The lowest BCUT2D eigenvalue weighted by Crippen LogP contribution is -2.21. The molecule has 0 aliphatic carbocycles. The zero-order chi connectivity index (χ0) is 9.23. The monoisotopic (exact) mass is 172 g/mol. The quantitative estimate of drug-likeness (QED) is 0.574. The molecule has 0 aliphatic rings. The Kier molecular flexibility index (Phi) is 6.99. The molecular formula is C7H12N2O3. The van der Waals surface area contributed by atoms with Gasteiger partial charge in [-0.1, -0.05) is 0 Å². The third kappa shape index (κ3) is 8.72. The molecule has 68 valence electrons. The van der Waals surface area contributed by atoms with Gasteiger partial charge in [0.1, 0.15) is 6.61 Å². The smallest absolute Gasteiger partial charge is 0.404 e. The summed E-state index contributed by atoms with van der Waals surface area (Å²) < 4.78 is 4.85. The van der Waals surface area contributed by atoms with Crippen LogP contribution in [0.15, 0.2) is 0 Å². The Morgan fingerprint density at radius 3 is 2.92 bits per heavy atom. The minimum Gasteiger partial charge on any atom is -0.465 e. The van der Waals surface area contributed by atoms with E-state index in [2.05, 4.69) is 5.32 Å². The van der Waals surface area contributed by atoms with Crippen molar-refractivity contribution in [2.24, 2.45) is 0 Å². The fourth-order valence-electron chi connectivity index (χ4n) is 0.642. The van der Waals surface area contributed by atoms with Gasteiger partial charge in [0.2, 0.25) is 0 Å². The summed E-state index contributed by atoms with van der Waals surface area (Å²) in [5.41, 5.74) is 0. The molecule has 0 unspecified atom stereocenters. The number of hydrogen-bond acceptors (Lipinski definition) is 3. The number of carbonyl (C=O) groups is 1. The number of nitriles is 1. The molecule has 5 nitrogen and oxygen atoms in total. The molecule has 0 aromatic heterocycles. The maximum absolute atomic E-state index is 9.95. The van der Waals surface area contributed by atoms with Gasteiger partial charge in [0, 0.05) is 13.2 Å². The Bertz CT molecular complexity index is 165. The zero-order valence-corrected chi connectivity index (χ0v) is 6.75. The lowest BCUT2D eigenvalue weighted by molar-refractivity contribution is 0.160. The minimum atomic E-state index is -1.01. The van der Waals surface area contributed by atoms with Gasteiger partial charge in [-0.05, 0) is 12.8 Å². The van der Waals surface area contributed by atoms with E-state index in [0.29, 0.717) is 13.2 Å². The van der Waals surface area contributed by atoms with Crippen LogP contribution in [0.25, 0.3) is 0 Å². The van der Waals surface area contributed by atoms with Gasteiger partial charge < -0.3 is 15.2 Å². The molecule has 5 heteroatoms. The van der Waals surface area contributed by atoms with Crippen molar-refractivity contribution in [3.63, 3.8) is 0 Å². The third-order valence-electron chi connectivity index (χ3n) is 1.16. The second-order valence-electron chi connectivity index (χ2n) is 2.15. The number of ether oxygens (including phenoxy) is 1. The molecule has 0 saturated carbocycles. The third-order valence-corrected chi connectivity index (χ3v) is 1.16. The Morgan fingerprint density at radius 1 is 1.58 bits per heavy atom. The van der Waals surface area contributed by atoms with Crippen LogP contribution >= 0.6 is 0 Å². The van der Waals surface area contributed by atoms with E-state index in [9.17, 15) is 4.79 Å². The number of nitrogens with zero attached hydrogens (tertiary/aromatic N) is 1. The van der Waals surface area contributed by atoms with E-state index < -0.39 is 6.09 Å². The number of nitrogens with one attached hydrogen (secondary N) is 1. The summed E-state index contributed by atoms with van der Waals surface area (Å²) in [7, 11) is 0. The maximum atomic E-state index is 9.95. The van der Waals surface area contributed by atoms with Gasteiger partial charge >= 0.3 is 6.09 Å². The van der Waals surface area contributed by atoms with Crippen LogP contribution in [0.1, 0.15) is 12.8 Å². The van der Waals surface area contributed by atoms with Crippen LogP contribution in [0.4, 0.5) is 4.79 Å². The van der Waals surface area contributed by atoms with Gasteiger partial charge in [-0.2, -0.15) is 5.26 Å². The van der Waals surface area contributed by atoms with Crippen LogP contribution in [0.5, 0.6) is 0 Å². The van der Waals surface area contributed by atoms with Crippen LogP contribution in [0.3, 0.4) is 0 Å². The number of carboxylic acid groups (broad SMARTS) is 1. The highest BCUT2D eigenvalue weighted by atomic mass is 16.5. The Balaban J connectivity index is 2.92. The maximum Gasteiger partial charge on any atom is 0.404 e. The van der Waals surface area contributed by atoms with Crippen LogP contribution in [-0.2, 0) is 4.74 Å². The Hall–Kier alpha value is -1.28. The zero-order valence-electron chi connectivity index (χ0n) is 6.75. The highest BCUT2D eigenvalue weighted by Gasteiger charge is 1.92. The summed E-state index contributed by atoms with van der Waals surface area (Å²) in [6.07, 6.45) is 0.493. The standard InChI is InChI=1S/C7H12N2O3/c8-3-6-12-5-2-1-4-9-7(10)11/h9H,1-2,4-6H2,(H,10,11). The summed E-state index contributed by atoms with van der Waals surface area (Å²) >= 11 is 0. The van der Waals surface area contributed by atoms with Gasteiger partial charge in [-0.3, -0.25) is 0 Å². The summed E-state index contributed by atoms with van der Waals surface area (Å²) in [6, 6.07) is 1.84. The van der Waals surface area contributed by atoms with Crippen molar-refractivity contribution < 1.29 is 14.6 Å². The number of hydrogen-bond donors (Lipinski definition) is 2. The first-order valence-corrected chi connectivity index (χ1v) is 3.69. The first-order valence-electron chi connectivity index (χ1n) is 3.69. The van der Waals surface area contributed by atoms with Crippen molar-refractivity contribution in [3.05, 3.63) is 0 Å². The molecule has 0 fully saturated rings. The fourth-order valence-corrected chi connectivity index (χ4v) is 0.642. The molecule has 0 atom stereocenters. The van der Waals surface area contributed by atoms with Crippen molar-refractivity contribution in [1.82, 2.24) is 5.32 Å². The van der Waals surface area contributed by atoms with Crippen LogP contribution in [0.2, 0.25) is 0 Å². The minimum absolute atomic E-state index is 0.104. The van der Waals surface area contributed by atoms with Crippen molar-refractivity contribution in [3.8, 4) is 6.07 Å². The van der Waals surface area contributed by atoms with Gasteiger partial charge in [0.25, 0.3) is 0 Å². The van der Waals surface area contributed by atoms with Crippen molar-refractivity contribution in [2.75, 3.05) is 19.8 Å². The van der Waals surface area contributed by atoms with E-state index in [-0.39, 0.29) is 6.61 Å². The average Bonchev–Trinajstić information content (AvgIpc) is 2.02. The molecule has 1 amide bonds. The van der Waals surface area contributed by atoms with Crippen LogP contribution in [-0.4, -0.2) is 31.0 Å². The summed E-state index contributed by atoms with van der Waals surface area (Å²) in [5.74, 6) is 0. The largest absolute Gasteiger partial charge is 0.465 e. The highest BCUT2D eigenvalue weighted by Crippen LogP contribution is 1.87. The molecule has 0 rings (SSSR count). The van der Waals surface area contributed by atoms with E-state index >= 15 is 0 Å². The molecule has 0 bridgehead atoms. The first-order chi connectivity index (χ1) is 5.77. The lowest BCUT2D eigenvalue weighted by Gasteiger charge is -2.00. The molecule has 2 N–H and O–H groups in total. The first kappa shape index (κ1) is 10.7. The molecule has 0 spiro atoms. The average molecular weight is 172 g/mol. The number of rotatable bonds is 6. The Morgan fingerprint density at radius 2 is 2.33 bits per heavy atom. The fraction of sp³-hybridized carbons (Fsp3) is 0.714. The molecule has 0 heterocycles. The van der Waals surface area contributed by atoms with E-state index in [0.717, 1.165) is 12.8 Å². The molecule has 0 aromatic rings. The normalized spacial score (nSPS) is 8.92. The van der Waals surface area contributed by atoms with Crippen LogP contribution < -0.4 is 5.32 Å². The van der Waals surface area contributed by atoms with E-state index in [1.54, 1.807) is 0 Å². The summed E-state index contributed by atoms with van der Waals surface area (Å²) in [5, 5.41) is 18.5. The van der Waals surface area contributed by atoms with E-state index in [1.807, 2.05) is 6.07 Å². The second kappa shape index (κ2) is 7.82. The van der Waals surface area contributed by atoms with Crippen molar-refractivity contribution >= 4 is 6.09 Å². The van der Waals surface area contributed by atoms with Gasteiger partial charge in [-0.15, -0.1) is 0 Å². The van der Waals surface area contributed by atoms with Crippen LogP contribution in [0, 0.1) is 11.3 Å². The lowest BCUT2D eigenvalue weighted by atomic mass is 10.3. The van der Waals surface area contributed by atoms with Gasteiger partial charge in [0.15, 0.2) is 0 Å². The molecular weight excluding hydrogens is 160 g/mol. The SMILES string of the molecule is N#CCOCCCCNC(=O)O. The summed E-state index contributed by atoms with van der Waals surface area (Å²) in [4.78, 5) is 9.95. The highest BCUT2D eigenvalue weighted by molar-refractivity contribution is 5.64. The van der Waals surface area contributed by atoms with Gasteiger partial charge in [0.05, 0.1) is 6.07 Å². The van der Waals surface area contributed by atoms with Gasteiger partial charge in [-0.25, -0.2) is 4.79 Å². The summed E-state index contributed by atoms with van der Waals surface area (Å²) in [6.45, 7) is 1.05. The van der Waals surface area contributed by atoms with Crippen molar-refractivity contribution in [2.45, 2.75) is 12.8 Å². The molecule has 0 aromatic carbocycles. The number of unbranched alkanes of at least 4 members (excludes halogenated alkanes) is 1. The Labute approximate surface area is 70.9 Å².